The quantitative estimate of drug-likeness (QED) is 0.176. The van der Waals surface area contributed by atoms with Crippen molar-refractivity contribution in [1.29, 1.82) is 0 Å². The van der Waals surface area contributed by atoms with E-state index in [1.54, 1.807) is 32.9 Å². The summed E-state index contributed by atoms with van der Waals surface area (Å²) >= 11 is 0. The topological polar surface area (TPSA) is 94.6 Å². The van der Waals surface area contributed by atoms with Gasteiger partial charge in [0.1, 0.15) is 23.1 Å². The second-order valence-corrected chi connectivity index (χ2v) is 13.6. The molecule has 2 rings (SSSR count). The van der Waals surface area contributed by atoms with Crippen LogP contribution in [-0.4, -0.2) is 34.7 Å². The number of carbonyl (C=O) groups is 5. The molecule has 6 nitrogen and oxygen atoms in total. The van der Waals surface area contributed by atoms with Crippen LogP contribution >= 0.6 is 0 Å². The van der Waals surface area contributed by atoms with Gasteiger partial charge < -0.3 is 9.53 Å². The number of ether oxygens (including phenoxy) is 1. The third kappa shape index (κ3) is 12.8. The number of benzene rings is 2. The fraction of sp³-hybridized carbons (Fsp3) is 0.514. The van der Waals surface area contributed by atoms with Crippen molar-refractivity contribution in [1.82, 2.24) is 0 Å². The summed E-state index contributed by atoms with van der Waals surface area (Å²) in [5, 5.41) is 0. The number of ketones is 4. The number of esters is 1. The second-order valence-electron chi connectivity index (χ2n) is 13.6. The predicted molar refractivity (Wildman–Crippen MR) is 163 cm³/mol. The maximum absolute atomic E-state index is 12.4. The zero-order chi connectivity index (χ0) is 31.8. The molecule has 0 saturated heterocycles. The van der Waals surface area contributed by atoms with E-state index in [0.29, 0.717) is 24.0 Å². The van der Waals surface area contributed by atoms with Crippen LogP contribution in [0.2, 0.25) is 0 Å². The van der Waals surface area contributed by atoms with Gasteiger partial charge in [0.15, 0.2) is 11.6 Å². The Kier molecular flexibility index (Phi) is 12.6. The number of hydrogen-bond acceptors (Lipinski definition) is 6. The van der Waals surface area contributed by atoms with Gasteiger partial charge in [-0.15, -0.1) is 0 Å². The standard InChI is InChI=1S/C20H28O4.C15H20O2/c1-13(21)16(18(23)24-20(5,6)7)12-17(22)14-8-10-15(11-9-14)19(2,3)4;1-11(16)5-10-14(17)12-6-8-13(9-7-12)15(2,3)4/h8-11,16H,12H2,1-7H3;6-9H,5,10H2,1-4H3. The van der Waals surface area contributed by atoms with Gasteiger partial charge >= 0.3 is 5.97 Å². The molecule has 2 aromatic rings. The molecule has 6 heteroatoms. The first-order valence-electron chi connectivity index (χ1n) is 14.1. The van der Waals surface area contributed by atoms with E-state index in [9.17, 15) is 24.0 Å². The Bertz CT molecular complexity index is 1210. The van der Waals surface area contributed by atoms with E-state index in [4.69, 9.17) is 4.74 Å². The van der Waals surface area contributed by atoms with Crippen molar-refractivity contribution in [2.24, 2.45) is 5.92 Å². The Balaban J connectivity index is 0.000000435. The lowest BCUT2D eigenvalue weighted by Gasteiger charge is -2.22. The van der Waals surface area contributed by atoms with E-state index in [-0.39, 0.29) is 40.4 Å². The van der Waals surface area contributed by atoms with Gasteiger partial charge in [-0.2, -0.15) is 0 Å². The minimum absolute atomic E-state index is 0.0000118. The summed E-state index contributed by atoms with van der Waals surface area (Å²) in [6.07, 6.45) is 0.475. The van der Waals surface area contributed by atoms with Gasteiger partial charge in [0, 0.05) is 30.4 Å². The molecule has 0 bridgehead atoms. The van der Waals surface area contributed by atoms with Gasteiger partial charge in [-0.05, 0) is 56.6 Å². The molecular weight excluding hydrogens is 516 g/mol. The third-order valence-electron chi connectivity index (χ3n) is 6.42. The summed E-state index contributed by atoms with van der Waals surface area (Å²) in [4.78, 5) is 58.9. The van der Waals surface area contributed by atoms with E-state index >= 15 is 0 Å². The minimum Gasteiger partial charge on any atom is -0.459 e. The minimum atomic E-state index is -1.06. The highest BCUT2D eigenvalue weighted by Gasteiger charge is 2.31. The van der Waals surface area contributed by atoms with Gasteiger partial charge in [0.2, 0.25) is 0 Å². The zero-order valence-corrected chi connectivity index (χ0v) is 26.8. The van der Waals surface area contributed by atoms with E-state index in [1.807, 2.05) is 36.4 Å². The van der Waals surface area contributed by atoms with E-state index in [2.05, 4.69) is 41.5 Å². The summed E-state index contributed by atoms with van der Waals surface area (Å²) in [5.41, 5.74) is 2.93. The highest BCUT2D eigenvalue weighted by Crippen LogP contribution is 2.24. The molecule has 0 aliphatic carbocycles. The predicted octanol–water partition coefficient (Wildman–Crippen LogP) is 7.64. The molecule has 224 valence electrons. The maximum atomic E-state index is 12.4. The molecule has 0 amide bonds. The maximum Gasteiger partial charge on any atom is 0.317 e. The summed E-state index contributed by atoms with van der Waals surface area (Å²) in [7, 11) is 0. The first-order valence-corrected chi connectivity index (χ1v) is 14.1. The Morgan fingerprint density at radius 2 is 1.00 bits per heavy atom. The van der Waals surface area contributed by atoms with E-state index in [0.717, 1.165) is 5.56 Å². The van der Waals surface area contributed by atoms with Crippen molar-refractivity contribution in [3.05, 3.63) is 70.8 Å². The van der Waals surface area contributed by atoms with Gasteiger partial charge in [-0.3, -0.25) is 19.2 Å². The Morgan fingerprint density at radius 1 is 0.610 bits per heavy atom. The average Bonchev–Trinajstić information content (AvgIpc) is 2.83. The van der Waals surface area contributed by atoms with Crippen LogP contribution in [-0.2, 0) is 30.0 Å². The third-order valence-corrected chi connectivity index (χ3v) is 6.42. The smallest absolute Gasteiger partial charge is 0.317 e. The van der Waals surface area contributed by atoms with E-state index in [1.165, 1.54) is 19.4 Å². The highest BCUT2D eigenvalue weighted by molar-refractivity contribution is 6.05. The molecule has 0 aliphatic rings. The summed E-state index contributed by atoms with van der Waals surface area (Å²) in [5.74, 6) is -2.19. The SMILES string of the molecule is CC(=O)C(CC(=O)c1ccc(C(C)(C)C)cc1)C(=O)OC(C)(C)C.CC(=O)CCC(=O)c1ccc(C(C)(C)C)cc1. The normalized spacial score (nSPS) is 12.5. The van der Waals surface area contributed by atoms with Crippen LogP contribution in [0.25, 0.3) is 0 Å². The Labute approximate surface area is 246 Å². The summed E-state index contributed by atoms with van der Waals surface area (Å²) in [6, 6.07) is 15.0. The van der Waals surface area contributed by atoms with Crippen LogP contribution in [0.3, 0.4) is 0 Å². The number of carbonyl (C=O) groups excluding carboxylic acids is 5. The second kappa shape index (κ2) is 14.5. The molecule has 41 heavy (non-hydrogen) atoms. The Morgan fingerprint density at radius 3 is 1.32 bits per heavy atom. The molecule has 2 aromatic carbocycles. The molecule has 0 fully saturated rings. The van der Waals surface area contributed by atoms with Crippen molar-refractivity contribution in [2.75, 3.05) is 0 Å². The molecule has 0 aliphatic heterocycles. The first-order chi connectivity index (χ1) is 18.6. The molecule has 0 saturated carbocycles. The van der Waals surface area contributed by atoms with Gasteiger partial charge in [-0.1, -0.05) is 90.1 Å². The fourth-order valence-corrected chi connectivity index (χ4v) is 3.82. The largest absolute Gasteiger partial charge is 0.459 e. The van der Waals surface area contributed by atoms with Crippen molar-refractivity contribution in [3.8, 4) is 0 Å². The van der Waals surface area contributed by atoms with Crippen molar-refractivity contribution >= 4 is 29.1 Å². The Hall–Kier alpha value is -3.41. The molecule has 0 heterocycles. The molecule has 0 N–H and O–H groups in total. The molecule has 0 radical (unpaired) electrons. The molecule has 1 atom stereocenters. The average molecular weight is 565 g/mol. The van der Waals surface area contributed by atoms with Crippen molar-refractivity contribution < 1.29 is 28.7 Å². The highest BCUT2D eigenvalue weighted by atomic mass is 16.6. The van der Waals surface area contributed by atoms with Crippen LogP contribution in [0.4, 0.5) is 0 Å². The van der Waals surface area contributed by atoms with Crippen LogP contribution in [0, 0.1) is 5.92 Å². The number of hydrogen-bond donors (Lipinski definition) is 0. The lowest BCUT2D eigenvalue weighted by molar-refractivity contribution is -0.161. The molecule has 1 unspecified atom stereocenters. The van der Waals surface area contributed by atoms with Crippen LogP contribution in [0.1, 0.15) is 127 Å². The molecule has 0 aromatic heterocycles. The van der Waals surface area contributed by atoms with Crippen molar-refractivity contribution in [3.63, 3.8) is 0 Å². The lowest BCUT2D eigenvalue weighted by atomic mass is 9.86. The first kappa shape index (κ1) is 35.6. The van der Waals surface area contributed by atoms with Gasteiger partial charge in [-0.25, -0.2) is 0 Å². The van der Waals surface area contributed by atoms with Crippen molar-refractivity contribution in [2.45, 2.75) is 112 Å². The van der Waals surface area contributed by atoms with Crippen LogP contribution in [0.5, 0.6) is 0 Å². The summed E-state index contributed by atoms with van der Waals surface area (Å²) < 4.78 is 5.25. The zero-order valence-electron chi connectivity index (χ0n) is 26.8. The fourth-order valence-electron chi connectivity index (χ4n) is 3.82. The molecule has 0 spiro atoms. The monoisotopic (exact) mass is 564 g/mol. The molecular formula is C35H48O6. The number of Topliss-reactive ketones (excluding diaryl/α,β-unsaturated/α-hetero) is 4. The van der Waals surface area contributed by atoms with Gasteiger partial charge in [0.05, 0.1) is 0 Å². The van der Waals surface area contributed by atoms with Crippen LogP contribution < -0.4 is 0 Å². The van der Waals surface area contributed by atoms with Gasteiger partial charge in [0.25, 0.3) is 0 Å². The lowest BCUT2D eigenvalue weighted by Crippen LogP contribution is -2.33. The van der Waals surface area contributed by atoms with Crippen LogP contribution in [0.15, 0.2) is 48.5 Å². The van der Waals surface area contributed by atoms with E-state index < -0.39 is 17.5 Å². The summed E-state index contributed by atoms with van der Waals surface area (Å²) in [6.45, 7) is 20.7. The number of rotatable bonds is 9.